The molecule has 4 atom stereocenters. The van der Waals surface area contributed by atoms with Gasteiger partial charge in [0, 0.05) is 112 Å². The second-order valence-electron chi connectivity index (χ2n) is 19.3. The molecule has 7 rings (SSSR count). The Morgan fingerprint density at radius 1 is 1.12 bits per heavy atom. The molecule has 0 unspecified atom stereocenters. The number of likely N-dealkylation sites (tertiary alicyclic amines) is 1. The highest BCUT2D eigenvalue weighted by molar-refractivity contribution is 7.10. The number of benzene rings is 1. The molecule has 3 aromatic heterocycles. The third-order valence-corrected chi connectivity index (χ3v) is 14.2. The van der Waals surface area contributed by atoms with E-state index in [0.29, 0.717) is 43.4 Å². The lowest BCUT2D eigenvalue weighted by atomic mass is 9.84. The normalized spacial score (nSPS) is 21.5. The van der Waals surface area contributed by atoms with Crippen molar-refractivity contribution in [3.8, 4) is 22.5 Å². The van der Waals surface area contributed by atoms with Crippen LogP contribution < -0.4 is 16.1 Å². The molecule has 2 saturated heterocycles. The maximum Gasteiger partial charge on any atom is 0.355 e. The molecule has 6 heterocycles. The predicted molar refractivity (Wildman–Crippen MR) is 257 cm³/mol. The number of hydrogen-bond acceptors (Lipinski definition) is 13. The molecule has 364 valence electrons. The average molecular weight is 944 g/mol. The summed E-state index contributed by atoms with van der Waals surface area (Å²) in [5.41, 5.74) is 6.36. The zero-order valence-corrected chi connectivity index (χ0v) is 41.3. The van der Waals surface area contributed by atoms with Crippen LogP contribution in [-0.2, 0) is 48.0 Å². The standard InChI is InChI=1S/C49H69N9O8S/c1-10-57-39-15-14-32-25-35(39)36(43(57)34-13-11-19-51-41(34)31(4)65-9)27-48(5,6)29-66-46(61)49(63)18-12-21-58(54-49)45(60)37(26-40-52-38(32)28-67-40)53-44(59)42(30(2)3)55(7)47(62)56-22-16-33(17-23-56)50-20-24-64-8/h11,13-15,19,25,28,30-31,33,37,42,50,54,63H,10,12,16-18,20-24,26-27,29H2,1-9H3,(H,53,59)/t31-,37-,42-,49-/m0/s1. The average Bonchev–Trinajstić information content (AvgIpc) is 3.91. The van der Waals surface area contributed by atoms with Crippen molar-refractivity contribution < 1.29 is 38.5 Å². The van der Waals surface area contributed by atoms with Gasteiger partial charge in [-0.2, -0.15) is 5.43 Å². The maximum absolute atomic E-state index is 14.7. The van der Waals surface area contributed by atoms with Gasteiger partial charge >= 0.3 is 12.0 Å². The van der Waals surface area contributed by atoms with Crippen LogP contribution in [0.2, 0.25) is 0 Å². The van der Waals surface area contributed by atoms with Crippen molar-refractivity contribution in [1.29, 1.82) is 0 Å². The van der Waals surface area contributed by atoms with Crippen LogP contribution in [-0.4, -0.2) is 143 Å². The number of hydrazine groups is 1. The van der Waals surface area contributed by atoms with Gasteiger partial charge in [-0.1, -0.05) is 33.8 Å². The molecule has 4 amide bonds. The fourth-order valence-corrected chi connectivity index (χ4v) is 10.6. The molecule has 6 bridgehead atoms. The van der Waals surface area contributed by atoms with E-state index in [4.69, 9.17) is 24.2 Å². The molecule has 0 saturated carbocycles. The number of urea groups is 1. The first-order chi connectivity index (χ1) is 32.0. The summed E-state index contributed by atoms with van der Waals surface area (Å²) in [6.45, 7) is 15.1. The van der Waals surface area contributed by atoms with Gasteiger partial charge in [0.15, 0.2) is 0 Å². The minimum absolute atomic E-state index is 0.00405. The van der Waals surface area contributed by atoms with Crippen LogP contribution in [0, 0.1) is 11.3 Å². The number of piperidine rings is 1. The third-order valence-electron chi connectivity index (χ3n) is 13.4. The Morgan fingerprint density at radius 3 is 2.58 bits per heavy atom. The lowest BCUT2D eigenvalue weighted by molar-refractivity contribution is -0.189. The summed E-state index contributed by atoms with van der Waals surface area (Å²) in [5.74, 6) is -2.27. The number of esters is 1. The second kappa shape index (κ2) is 21.1. The lowest BCUT2D eigenvalue weighted by Gasteiger charge is -2.40. The number of aryl methyl sites for hydroxylation is 1. The van der Waals surface area contributed by atoms with Gasteiger partial charge < -0.3 is 44.3 Å². The number of rotatable bonds is 12. The molecular formula is C49H69N9O8S. The Morgan fingerprint density at radius 2 is 1.88 bits per heavy atom. The first kappa shape index (κ1) is 49.9. The molecule has 3 aliphatic rings. The summed E-state index contributed by atoms with van der Waals surface area (Å²) in [4.78, 5) is 70.2. The van der Waals surface area contributed by atoms with Gasteiger partial charge in [-0.3, -0.25) is 19.6 Å². The van der Waals surface area contributed by atoms with Crippen LogP contribution >= 0.6 is 11.3 Å². The van der Waals surface area contributed by atoms with Crippen molar-refractivity contribution in [2.75, 3.05) is 60.7 Å². The molecule has 0 spiro atoms. The minimum atomic E-state index is -2.21. The number of carbonyl (C=O) groups excluding carboxylic acids is 4. The number of cyclic esters (lactones) is 1. The molecule has 67 heavy (non-hydrogen) atoms. The summed E-state index contributed by atoms with van der Waals surface area (Å²) in [6.07, 6.45) is 3.85. The molecule has 18 heteroatoms. The van der Waals surface area contributed by atoms with Crippen molar-refractivity contribution in [2.45, 2.75) is 117 Å². The zero-order chi connectivity index (χ0) is 48.2. The monoisotopic (exact) mass is 943 g/mol. The molecule has 2 fully saturated rings. The first-order valence-corrected chi connectivity index (χ1v) is 24.5. The van der Waals surface area contributed by atoms with Gasteiger partial charge in [0.1, 0.15) is 12.1 Å². The van der Waals surface area contributed by atoms with Crippen molar-refractivity contribution in [1.82, 2.24) is 45.4 Å². The first-order valence-electron chi connectivity index (χ1n) is 23.6. The number of carbonyl (C=O) groups is 4. The van der Waals surface area contributed by atoms with Crippen molar-refractivity contribution >= 4 is 46.1 Å². The number of methoxy groups -OCH3 is 2. The van der Waals surface area contributed by atoms with Crippen molar-refractivity contribution in [3.63, 3.8) is 0 Å². The summed E-state index contributed by atoms with van der Waals surface area (Å²) in [7, 11) is 4.97. The Labute approximate surface area is 397 Å². The Bertz CT molecular complexity index is 2410. The molecule has 4 aromatic rings. The Hall–Kier alpha value is -4.98. The zero-order valence-electron chi connectivity index (χ0n) is 40.5. The van der Waals surface area contributed by atoms with Crippen LogP contribution in [0.3, 0.4) is 0 Å². The number of likely N-dealkylation sites (N-methyl/N-ethyl adjacent to an activating group) is 1. The van der Waals surface area contributed by atoms with E-state index in [1.807, 2.05) is 46.1 Å². The fourth-order valence-electron chi connectivity index (χ4n) is 9.77. The number of hydrogen-bond donors (Lipinski definition) is 4. The highest BCUT2D eigenvalue weighted by Crippen LogP contribution is 2.42. The number of aliphatic hydroxyl groups is 1. The van der Waals surface area contributed by atoms with E-state index in [2.05, 4.69) is 51.8 Å². The van der Waals surface area contributed by atoms with E-state index >= 15 is 0 Å². The predicted octanol–water partition coefficient (Wildman–Crippen LogP) is 5.30. The summed E-state index contributed by atoms with van der Waals surface area (Å²) in [6, 6.07) is 8.22. The number of fused-ring (bicyclic) bond motifs is 6. The number of pyridine rings is 1. The number of nitrogens with zero attached hydrogens (tertiary/aromatic N) is 6. The van der Waals surface area contributed by atoms with E-state index in [-0.39, 0.29) is 56.5 Å². The molecule has 17 nitrogen and oxygen atoms in total. The van der Waals surface area contributed by atoms with Gasteiger partial charge in [0.25, 0.3) is 5.91 Å². The van der Waals surface area contributed by atoms with Crippen molar-refractivity contribution in [2.24, 2.45) is 11.3 Å². The quantitative estimate of drug-likeness (QED) is 0.106. The largest absolute Gasteiger partial charge is 0.462 e. The van der Waals surface area contributed by atoms with Crippen LogP contribution in [0.15, 0.2) is 41.9 Å². The van der Waals surface area contributed by atoms with E-state index in [9.17, 15) is 24.3 Å². The summed E-state index contributed by atoms with van der Waals surface area (Å²) < 4.78 is 19.2. The second-order valence-corrected chi connectivity index (χ2v) is 20.2. The molecule has 0 aliphatic carbocycles. The van der Waals surface area contributed by atoms with Crippen LogP contribution in [0.1, 0.15) is 89.6 Å². The molecule has 3 aliphatic heterocycles. The van der Waals surface area contributed by atoms with E-state index in [1.165, 1.54) is 21.2 Å². The number of thiazole rings is 1. The van der Waals surface area contributed by atoms with Crippen LogP contribution in [0.5, 0.6) is 0 Å². The highest BCUT2D eigenvalue weighted by Gasteiger charge is 2.46. The molecular weight excluding hydrogens is 875 g/mol. The van der Waals surface area contributed by atoms with Gasteiger partial charge in [0.2, 0.25) is 11.6 Å². The number of aromatic nitrogens is 3. The third kappa shape index (κ3) is 10.8. The maximum atomic E-state index is 14.7. The number of nitrogens with one attached hydrogen (secondary N) is 3. The van der Waals surface area contributed by atoms with E-state index in [1.54, 1.807) is 32.4 Å². The SMILES string of the molecule is CCn1c(-c2cccnc2[C@H](C)OC)c2c3cc(ccc31)-c1csc(n1)C[C@H](NC(=O)[C@H](C(C)C)N(C)C(=O)N1CCC(NCCOC)CC1)C(=O)N1CCC[C@@](O)(N1)C(=O)OCC(C)(C)C2. The van der Waals surface area contributed by atoms with Gasteiger partial charge in [0.05, 0.1) is 41.4 Å². The molecule has 1 aromatic carbocycles. The summed E-state index contributed by atoms with van der Waals surface area (Å²) in [5, 5.41) is 23.1. The molecule has 0 radical (unpaired) electrons. The fraction of sp³-hybridized carbons (Fsp3) is 0.592. The highest BCUT2D eigenvalue weighted by atomic mass is 32.1. The smallest absolute Gasteiger partial charge is 0.355 e. The number of amides is 4. The Kier molecular flexibility index (Phi) is 15.7. The topological polar surface area (TPSA) is 193 Å². The van der Waals surface area contributed by atoms with E-state index in [0.717, 1.165) is 58.4 Å². The van der Waals surface area contributed by atoms with Gasteiger partial charge in [-0.15, -0.1) is 11.3 Å². The van der Waals surface area contributed by atoms with E-state index < -0.39 is 41.0 Å². The molecule has 4 N–H and O–H groups in total. The Balaban J connectivity index is 1.24. The van der Waals surface area contributed by atoms with Gasteiger partial charge in [-0.25, -0.2) is 14.6 Å². The summed E-state index contributed by atoms with van der Waals surface area (Å²) >= 11 is 1.38. The number of ether oxygens (including phenoxy) is 3. The lowest BCUT2D eigenvalue weighted by Crippen LogP contribution is -2.67. The van der Waals surface area contributed by atoms with Crippen LogP contribution in [0.4, 0.5) is 4.79 Å². The van der Waals surface area contributed by atoms with Crippen LogP contribution in [0.25, 0.3) is 33.4 Å². The van der Waals surface area contributed by atoms with Gasteiger partial charge in [-0.05, 0) is 75.3 Å². The minimum Gasteiger partial charge on any atom is -0.462 e. The van der Waals surface area contributed by atoms with Crippen molar-refractivity contribution in [3.05, 3.63) is 58.2 Å².